The summed E-state index contributed by atoms with van der Waals surface area (Å²) in [6.45, 7) is 5.29. The van der Waals surface area contributed by atoms with Gasteiger partial charge >= 0.3 is 5.97 Å². The molecule has 0 aliphatic rings. The van der Waals surface area contributed by atoms with Gasteiger partial charge in [-0.15, -0.1) is 0 Å². The van der Waals surface area contributed by atoms with Crippen LogP contribution in [-0.4, -0.2) is 27.5 Å². The lowest BCUT2D eigenvalue weighted by atomic mass is 10.1. The van der Waals surface area contributed by atoms with Crippen LogP contribution in [0.2, 0.25) is 0 Å². The summed E-state index contributed by atoms with van der Waals surface area (Å²) in [6, 6.07) is 3.77. The maximum absolute atomic E-state index is 12.3. The Bertz CT molecular complexity index is 598. The van der Waals surface area contributed by atoms with E-state index >= 15 is 0 Å². The molecule has 0 radical (unpaired) electrons. The van der Waals surface area contributed by atoms with Crippen molar-refractivity contribution in [2.75, 3.05) is 7.11 Å². The van der Waals surface area contributed by atoms with Gasteiger partial charge in [-0.3, -0.25) is 4.79 Å². The third kappa shape index (κ3) is 4.04. The molecule has 1 aromatic carbocycles. The van der Waals surface area contributed by atoms with Crippen molar-refractivity contribution in [3.8, 4) is 0 Å². The molecule has 20 heavy (non-hydrogen) atoms. The number of benzene rings is 1. The second kappa shape index (κ2) is 6.69. The van der Waals surface area contributed by atoms with Gasteiger partial charge in [0, 0.05) is 4.47 Å². The van der Waals surface area contributed by atoms with E-state index in [2.05, 4.69) is 25.4 Å². The molecule has 1 N–H and O–H groups in total. The van der Waals surface area contributed by atoms with Crippen molar-refractivity contribution in [2.24, 2.45) is 5.92 Å². The minimum atomic E-state index is -3.77. The zero-order chi connectivity index (χ0) is 15.5. The monoisotopic (exact) mass is 363 g/mol. The van der Waals surface area contributed by atoms with Crippen LogP contribution in [-0.2, 0) is 19.6 Å². The van der Waals surface area contributed by atoms with Crippen LogP contribution in [0.1, 0.15) is 19.4 Å². The van der Waals surface area contributed by atoms with E-state index < -0.39 is 22.0 Å². The third-order valence-electron chi connectivity index (χ3n) is 2.84. The van der Waals surface area contributed by atoms with Crippen molar-refractivity contribution in [1.29, 1.82) is 0 Å². The number of methoxy groups -OCH3 is 1. The first kappa shape index (κ1) is 17.1. The number of rotatable bonds is 5. The Hall–Kier alpha value is -0.920. The number of ether oxygens (including phenoxy) is 1. The SMILES string of the molecule is COC(=O)[C@@H](NS(=O)(=O)c1ccc(Br)c(C)c1)C(C)C. The van der Waals surface area contributed by atoms with Crippen molar-refractivity contribution >= 4 is 31.9 Å². The molecule has 1 atom stereocenters. The number of sulfonamides is 1. The van der Waals surface area contributed by atoms with Crippen molar-refractivity contribution in [1.82, 2.24) is 4.72 Å². The fraction of sp³-hybridized carbons (Fsp3) is 0.462. The number of carbonyl (C=O) groups is 1. The topological polar surface area (TPSA) is 72.5 Å². The lowest BCUT2D eigenvalue weighted by Crippen LogP contribution is -2.44. The summed E-state index contributed by atoms with van der Waals surface area (Å²) in [4.78, 5) is 11.7. The van der Waals surface area contributed by atoms with E-state index in [4.69, 9.17) is 0 Å². The molecule has 112 valence electrons. The predicted molar refractivity (Wildman–Crippen MR) is 79.8 cm³/mol. The molecule has 0 aliphatic carbocycles. The van der Waals surface area contributed by atoms with Gasteiger partial charge < -0.3 is 4.74 Å². The molecule has 0 unspecified atom stereocenters. The summed E-state index contributed by atoms with van der Waals surface area (Å²) < 4.78 is 32.4. The average Bonchev–Trinajstić information content (AvgIpc) is 2.38. The van der Waals surface area contributed by atoms with Gasteiger partial charge in [0.1, 0.15) is 6.04 Å². The highest BCUT2D eigenvalue weighted by molar-refractivity contribution is 9.10. The summed E-state index contributed by atoms with van der Waals surface area (Å²) in [7, 11) is -2.54. The van der Waals surface area contributed by atoms with Gasteiger partial charge in [-0.1, -0.05) is 29.8 Å². The van der Waals surface area contributed by atoms with Gasteiger partial charge in [0.2, 0.25) is 10.0 Å². The molecule has 0 saturated heterocycles. The Balaban J connectivity index is 3.09. The first-order valence-electron chi connectivity index (χ1n) is 6.05. The van der Waals surface area contributed by atoms with Crippen LogP contribution < -0.4 is 4.72 Å². The Morgan fingerprint density at radius 2 is 1.95 bits per heavy atom. The van der Waals surface area contributed by atoms with Crippen LogP contribution in [0.4, 0.5) is 0 Å². The van der Waals surface area contributed by atoms with Gasteiger partial charge in [-0.05, 0) is 36.6 Å². The van der Waals surface area contributed by atoms with Crippen molar-refractivity contribution in [3.63, 3.8) is 0 Å². The quantitative estimate of drug-likeness (QED) is 0.814. The van der Waals surface area contributed by atoms with Crippen LogP contribution >= 0.6 is 15.9 Å². The van der Waals surface area contributed by atoms with Gasteiger partial charge in [0.05, 0.1) is 12.0 Å². The van der Waals surface area contributed by atoms with Crippen molar-refractivity contribution in [2.45, 2.75) is 31.7 Å². The standard InChI is InChI=1S/C13H18BrNO4S/c1-8(2)12(13(16)19-4)15-20(17,18)10-5-6-11(14)9(3)7-10/h5-8,12,15H,1-4H3/t12-/m0/s1. The molecule has 0 spiro atoms. The first-order chi connectivity index (χ1) is 9.19. The smallest absolute Gasteiger partial charge is 0.324 e. The van der Waals surface area contributed by atoms with E-state index in [1.807, 2.05) is 0 Å². The van der Waals surface area contributed by atoms with Crippen LogP contribution in [0.5, 0.6) is 0 Å². The minimum Gasteiger partial charge on any atom is -0.468 e. The molecule has 0 bridgehead atoms. The van der Waals surface area contributed by atoms with Gasteiger partial charge in [0.15, 0.2) is 0 Å². The third-order valence-corrected chi connectivity index (χ3v) is 5.17. The van der Waals surface area contributed by atoms with Gasteiger partial charge in [0.25, 0.3) is 0 Å². The van der Waals surface area contributed by atoms with Crippen molar-refractivity contribution in [3.05, 3.63) is 28.2 Å². The zero-order valence-electron chi connectivity index (χ0n) is 11.8. The lowest BCUT2D eigenvalue weighted by Gasteiger charge is -2.20. The molecule has 1 rings (SSSR count). The summed E-state index contributed by atoms with van der Waals surface area (Å²) in [5.41, 5.74) is 0.798. The number of esters is 1. The molecule has 1 aromatic rings. The van der Waals surface area contributed by atoms with Crippen LogP contribution in [0.15, 0.2) is 27.6 Å². The number of carbonyl (C=O) groups excluding carboxylic acids is 1. The normalized spacial score (nSPS) is 13.3. The lowest BCUT2D eigenvalue weighted by molar-refractivity contribution is -0.143. The molecule has 0 aromatic heterocycles. The molecule has 5 nitrogen and oxygen atoms in total. The number of nitrogens with one attached hydrogen (secondary N) is 1. The van der Waals surface area contributed by atoms with E-state index in [1.54, 1.807) is 32.9 Å². The Labute approximate surface area is 127 Å². The number of aryl methyl sites for hydroxylation is 1. The second-order valence-electron chi connectivity index (χ2n) is 4.78. The van der Waals surface area contributed by atoms with E-state index in [1.165, 1.54) is 13.2 Å². The molecule has 0 amide bonds. The average molecular weight is 364 g/mol. The molecule has 0 heterocycles. The molecular formula is C13H18BrNO4S. The van der Waals surface area contributed by atoms with E-state index in [0.717, 1.165) is 10.0 Å². The largest absolute Gasteiger partial charge is 0.468 e. The Kier molecular flexibility index (Phi) is 5.73. The molecule has 0 saturated carbocycles. The van der Waals surface area contributed by atoms with Crippen LogP contribution in [0, 0.1) is 12.8 Å². The van der Waals surface area contributed by atoms with Gasteiger partial charge in [-0.25, -0.2) is 8.42 Å². The second-order valence-corrected chi connectivity index (χ2v) is 7.35. The highest BCUT2D eigenvalue weighted by Crippen LogP contribution is 2.20. The summed E-state index contributed by atoms with van der Waals surface area (Å²) in [6.07, 6.45) is 0. The number of hydrogen-bond donors (Lipinski definition) is 1. The summed E-state index contributed by atoms with van der Waals surface area (Å²) >= 11 is 3.32. The van der Waals surface area contributed by atoms with Gasteiger partial charge in [-0.2, -0.15) is 4.72 Å². The zero-order valence-corrected chi connectivity index (χ0v) is 14.2. The maximum Gasteiger partial charge on any atom is 0.324 e. The van der Waals surface area contributed by atoms with Crippen LogP contribution in [0.3, 0.4) is 0 Å². The number of hydrogen-bond acceptors (Lipinski definition) is 4. The van der Waals surface area contributed by atoms with E-state index in [9.17, 15) is 13.2 Å². The summed E-state index contributed by atoms with van der Waals surface area (Å²) in [5, 5.41) is 0. The molecular weight excluding hydrogens is 346 g/mol. The fourth-order valence-electron chi connectivity index (χ4n) is 1.60. The Morgan fingerprint density at radius 1 is 1.35 bits per heavy atom. The predicted octanol–water partition coefficient (Wildman–Crippen LogP) is 2.23. The first-order valence-corrected chi connectivity index (χ1v) is 8.33. The molecule has 0 fully saturated rings. The molecule has 0 aliphatic heterocycles. The highest BCUT2D eigenvalue weighted by Gasteiger charge is 2.29. The van der Waals surface area contributed by atoms with E-state index in [-0.39, 0.29) is 10.8 Å². The summed E-state index contributed by atoms with van der Waals surface area (Å²) in [5.74, 6) is -0.814. The van der Waals surface area contributed by atoms with Crippen LogP contribution in [0.25, 0.3) is 0 Å². The fourth-order valence-corrected chi connectivity index (χ4v) is 3.27. The molecule has 7 heteroatoms. The Morgan fingerprint density at radius 3 is 2.40 bits per heavy atom. The minimum absolute atomic E-state index is 0.118. The number of halogens is 1. The van der Waals surface area contributed by atoms with E-state index in [0.29, 0.717) is 0 Å². The van der Waals surface area contributed by atoms with Crippen molar-refractivity contribution < 1.29 is 17.9 Å². The maximum atomic E-state index is 12.3. The highest BCUT2D eigenvalue weighted by atomic mass is 79.9.